The van der Waals surface area contributed by atoms with Crippen molar-refractivity contribution in [3.8, 4) is 0 Å². The van der Waals surface area contributed by atoms with E-state index in [2.05, 4.69) is 16.6 Å². The Morgan fingerprint density at radius 3 is 2.75 bits per heavy atom. The van der Waals surface area contributed by atoms with Gasteiger partial charge in [-0.3, -0.25) is 0 Å². The summed E-state index contributed by atoms with van der Waals surface area (Å²) in [4.78, 5) is 2.87. The van der Waals surface area contributed by atoms with Gasteiger partial charge in [0.2, 0.25) is 10.0 Å². The molecule has 1 aromatic rings. The largest absolute Gasteiger partial charge is 0.390 e. The van der Waals surface area contributed by atoms with Gasteiger partial charge in [-0.05, 0) is 12.5 Å². The smallest absolute Gasteiger partial charge is 0.242 e. The van der Waals surface area contributed by atoms with Gasteiger partial charge in [-0.1, -0.05) is 19.8 Å². The van der Waals surface area contributed by atoms with Crippen molar-refractivity contribution in [2.45, 2.75) is 37.7 Å². The Kier molecular flexibility index (Phi) is 4.98. The number of aromatic nitrogens is 1. The first-order valence-corrected chi connectivity index (χ1v) is 6.86. The Labute approximate surface area is 95.9 Å². The number of aromatic amines is 1. The van der Waals surface area contributed by atoms with Crippen LogP contribution in [0.3, 0.4) is 0 Å². The molecule has 0 atom stereocenters. The number of hydrogen-bond donors (Lipinski definition) is 3. The van der Waals surface area contributed by atoms with Crippen LogP contribution in [0.2, 0.25) is 0 Å². The summed E-state index contributed by atoms with van der Waals surface area (Å²) in [6.45, 7) is 2.33. The first-order chi connectivity index (χ1) is 7.60. The maximum Gasteiger partial charge on any atom is 0.242 e. The van der Waals surface area contributed by atoms with Crippen LogP contribution in [0.4, 0.5) is 0 Å². The lowest BCUT2D eigenvalue weighted by Crippen LogP contribution is -2.24. The van der Waals surface area contributed by atoms with Crippen molar-refractivity contribution in [3.63, 3.8) is 0 Å². The molecule has 0 aromatic carbocycles. The van der Waals surface area contributed by atoms with E-state index in [9.17, 15) is 8.42 Å². The number of hydrogen-bond acceptors (Lipinski definition) is 3. The van der Waals surface area contributed by atoms with Crippen LogP contribution in [0.25, 0.3) is 0 Å². The van der Waals surface area contributed by atoms with Gasteiger partial charge in [0.15, 0.2) is 0 Å². The Morgan fingerprint density at radius 1 is 1.44 bits per heavy atom. The van der Waals surface area contributed by atoms with E-state index in [-0.39, 0.29) is 11.5 Å². The monoisotopic (exact) mass is 246 g/mol. The summed E-state index contributed by atoms with van der Waals surface area (Å²) < 4.78 is 25.9. The third kappa shape index (κ3) is 3.62. The molecule has 0 aliphatic heterocycles. The van der Waals surface area contributed by atoms with Crippen LogP contribution >= 0.6 is 0 Å². The summed E-state index contributed by atoms with van der Waals surface area (Å²) in [6.07, 6.45) is 4.29. The highest BCUT2D eigenvalue weighted by molar-refractivity contribution is 7.89. The molecule has 5 nitrogen and oxygen atoms in total. The van der Waals surface area contributed by atoms with Gasteiger partial charge in [-0.25, -0.2) is 13.1 Å². The summed E-state index contributed by atoms with van der Waals surface area (Å²) in [5.74, 6) is 0. The second kappa shape index (κ2) is 6.03. The van der Waals surface area contributed by atoms with Crippen molar-refractivity contribution in [1.82, 2.24) is 9.71 Å². The lowest BCUT2D eigenvalue weighted by molar-refractivity contribution is 0.277. The van der Waals surface area contributed by atoms with Gasteiger partial charge in [0.1, 0.15) is 0 Å². The van der Waals surface area contributed by atoms with E-state index in [1.54, 1.807) is 0 Å². The minimum atomic E-state index is -3.42. The van der Waals surface area contributed by atoms with Crippen molar-refractivity contribution < 1.29 is 13.5 Å². The normalized spacial score (nSPS) is 11.9. The van der Waals surface area contributed by atoms with E-state index >= 15 is 0 Å². The zero-order valence-corrected chi connectivity index (χ0v) is 10.2. The molecule has 0 saturated carbocycles. The topological polar surface area (TPSA) is 82.2 Å². The summed E-state index contributed by atoms with van der Waals surface area (Å²) in [6, 6.07) is 1.43. The fraction of sp³-hybridized carbons (Fsp3) is 0.600. The second-order valence-electron chi connectivity index (χ2n) is 3.62. The summed E-state index contributed by atoms with van der Waals surface area (Å²) in [7, 11) is -3.42. The first-order valence-electron chi connectivity index (χ1n) is 5.38. The lowest BCUT2D eigenvalue weighted by atomic mass is 10.3. The van der Waals surface area contributed by atoms with Crippen LogP contribution in [0.5, 0.6) is 0 Å². The predicted molar refractivity (Wildman–Crippen MR) is 61.4 cm³/mol. The fourth-order valence-electron chi connectivity index (χ4n) is 1.33. The molecule has 0 aliphatic rings. The van der Waals surface area contributed by atoms with Gasteiger partial charge in [-0.2, -0.15) is 0 Å². The summed E-state index contributed by atoms with van der Waals surface area (Å²) >= 11 is 0. The van der Waals surface area contributed by atoms with Gasteiger partial charge in [0, 0.05) is 18.4 Å². The summed E-state index contributed by atoms with van der Waals surface area (Å²) in [5, 5.41) is 8.82. The third-order valence-corrected chi connectivity index (χ3v) is 3.71. The highest BCUT2D eigenvalue weighted by Gasteiger charge is 2.14. The zero-order valence-electron chi connectivity index (χ0n) is 9.36. The molecule has 1 heterocycles. The molecule has 3 N–H and O–H groups in total. The molecule has 0 bridgehead atoms. The van der Waals surface area contributed by atoms with Gasteiger partial charge >= 0.3 is 0 Å². The van der Waals surface area contributed by atoms with Crippen molar-refractivity contribution in [2.24, 2.45) is 0 Å². The highest BCUT2D eigenvalue weighted by Crippen LogP contribution is 2.10. The molecule has 0 radical (unpaired) electrons. The van der Waals surface area contributed by atoms with Crippen LogP contribution in [0, 0.1) is 0 Å². The zero-order chi connectivity index (χ0) is 12.0. The average molecular weight is 246 g/mol. The summed E-state index contributed by atoms with van der Waals surface area (Å²) in [5.41, 5.74) is 0.494. The van der Waals surface area contributed by atoms with E-state index in [0.29, 0.717) is 12.2 Å². The molecule has 0 spiro atoms. The van der Waals surface area contributed by atoms with Crippen molar-refractivity contribution in [2.75, 3.05) is 6.54 Å². The van der Waals surface area contributed by atoms with Crippen LogP contribution in [0.1, 0.15) is 31.9 Å². The number of aliphatic hydroxyl groups is 1. The van der Waals surface area contributed by atoms with Crippen LogP contribution in [-0.4, -0.2) is 25.1 Å². The molecular formula is C10H18N2O3S. The number of aliphatic hydroxyl groups excluding tert-OH is 1. The van der Waals surface area contributed by atoms with Gasteiger partial charge in [0.25, 0.3) is 0 Å². The number of H-pyrrole nitrogens is 1. The van der Waals surface area contributed by atoms with Crippen molar-refractivity contribution in [3.05, 3.63) is 18.0 Å². The van der Waals surface area contributed by atoms with E-state index in [0.717, 1.165) is 19.3 Å². The minimum Gasteiger partial charge on any atom is -0.390 e. The first kappa shape index (κ1) is 13.2. The number of rotatable bonds is 7. The van der Waals surface area contributed by atoms with Crippen LogP contribution in [0.15, 0.2) is 17.2 Å². The Hall–Kier alpha value is -0.850. The number of unbranched alkanes of at least 4 members (excludes halogenated alkanes) is 2. The molecule has 0 amide bonds. The molecule has 92 valence electrons. The fourth-order valence-corrected chi connectivity index (χ4v) is 2.42. The molecule has 1 rings (SSSR count). The van der Waals surface area contributed by atoms with Gasteiger partial charge in [0.05, 0.1) is 11.5 Å². The van der Waals surface area contributed by atoms with Crippen LogP contribution in [-0.2, 0) is 16.6 Å². The molecule has 6 heteroatoms. The van der Waals surface area contributed by atoms with E-state index < -0.39 is 10.0 Å². The SMILES string of the molecule is CCCCCNS(=O)(=O)c1c[nH]c(CO)c1. The van der Waals surface area contributed by atoms with E-state index in [1.807, 2.05) is 0 Å². The molecular weight excluding hydrogens is 228 g/mol. The Morgan fingerprint density at radius 2 is 2.19 bits per heavy atom. The van der Waals surface area contributed by atoms with E-state index in [1.165, 1.54) is 12.3 Å². The third-order valence-electron chi connectivity index (χ3n) is 2.27. The van der Waals surface area contributed by atoms with Gasteiger partial charge in [-0.15, -0.1) is 0 Å². The molecule has 0 saturated heterocycles. The van der Waals surface area contributed by atoms with Crippen LogP contribution < -0.4 is 4.72 Å². The van der Waals surface area contributed by atoms with Crippen molar-refractivity contribution >= 4 is 10.0 Å². The van der Waals surface area contributed by atoms with Crippen molar-refractivity contribution in [1.29, 1.82) is 0 Å². The molecule has 0 aliphatic carbocycles. The average Bonchev–Trinajstić information content (AvgIpc) is 2.73. The number of nitrogens with one attached hydrogen (secondary N) is 2. The lowest BCUT2D eigenvalue weighted by Gasteiger charge is -2.03. The molecule has 0 unspecified atom stereocenters. The highest BCUT2D eigenvalue weighted by atomic mass is 32.2. The standard InChI is InChI=1S/C10H18N2O3S/c1-2-3-4-5-12-16(14,15)10-6-9(8-13)11-7-10/h6-7,11-13H,2-5,8H2,1H3. The second-order valence-corrected chi connectivity index (χ2v) is 5.39. The molecule has 1 aromatic heterocycles. The Balaban J connectivity index is 2.56. The Bertz CT molecular complexity index is 411. The maximum absolute atomic E-state index is 11.7. The van der Waals surface area contributed by atoms with Gasteiger partial charge < -0.3 is 10.1 Å². The predicted octanol–water partition coefficient (Wildman–Crippen LogP) is 0.975. The quantitative estimate of drug-likeness (QED) is 0.627. The minimum absolute atomic E-state index is 0.174. The number of sulfonamides is 1. The molecule has 0 fully saturated rings. The molecule has 16 heavy (non-hydrogen) atoms. The van der Waals surface area contributed by atoms with E-state index in [4.69, 9.17) is 5.11 Å². The maximum atomic E-state index is 11.7.